The molecule has 5 heteroatoms. The van der Waals surface area contributed by atoms with Crippen LogP contribution in [0.5, 0.6) is 0 Å². The molecule has 1 aliphatic carbocycles. The number of carbonyl (C=O) groups excluding carboxylic acids is 1. The quantitative estimate of drug-likeness (QED) is 0.756. The molecule has 0 spiro atoms. The molecule has 1 aliphatic heterocycles. The Morgan fingerprint density at radius 2 is 2.18 bits per heavy atom. The molecule has 5 nitrogen and oxygen atoms in total. The molecule has 0 aromatic rings. The molecule has 98 valence electrons. The summed E-state index contributed by atoms with van der Waals surface area (Å²) in [6.07, 6.45) is 0.585. The Hall–Kier alpha value is -0.810. The topological polar surface area (TPSA) is 67.8 Å². The largest absolute Gasteiger partial charge is 0.444 e. The van der Waals surface area contributed by atoms with E-state index >= 15 is 0 Å². The van der Waals surface area contributed by atoms with Crippen molar-refractivity contribution in [2.24, 2.45) is 11.8 Å². The fourth-order valence-corrected chi connectivity index (χ4v) is 2.40. The second-order valence-corrected chi connectivity index (χ2v) is 5.87. The molecule has 2 unspecified atom stereocenters. The molecule has 4 atom stereocenters. The highest BCUT2D eigenvalue weighted by Crippen LogP contribution is 2.47. The lowest BCUT2D eigenvalue weighted by Crippen LogP contribution is -2.47. The molecule has 1 saturated heterocycles. The molecule has 2 aliphatic rings. The normalized spacial score (nSPS) is 36.0. The molecule has 17 heavy (non-hydrogen) atoms. The summed E-state index contributed by atoms with van der Waals surface area (Å²) in [6.45, 7) is 6.05. The van der Waals surface area contributed by atoms with Crippen LogP contribution in [-0.4, -0.2) is 42.2 Å². The molecular formula is C12H21NO4. The van der Waals surface area contributed by atoms with Gasteiger partial charge >= 0.3 is 6.09 Å². The number of carbonyl (C=O) groups is 1. The van der Waals surface area contributed by atoms with Crippen molar-refractivity contribution in [3.8, 4) is 0 Å². The van der Waals surface area contributed by atoms with Gasteiger partial charge in [0.05, 0.1) is 25.4 Å². The summed E-state index contributed by atoms with van der Waals surface area (Å²) in [5.41, 5.74) is -0.476. The van der Waals surface area contributed by atoms with E-state index in [1.54, 1.807) is 0 Å². The molecule has 2 N–H and O–H groups in total. The van der Waals surface area contributed by atoms with Crippen LogP contribution in [0.1, 0.15) is 27.2 Å². The van der Waals surface area contributed by atoms with Gasteiger partial charge in [-0.3, -0.25) is 0 Å². The zero-order valence-corrected chi connectivity index (χ0v) is 10.6. The van der Waals surface area contributed by atoms with Crippen molar-refractivity contribution in [2.45, 2.75) is 44.9 Å². The second kappa shape index (κ2) is 4.46. The number of amides is 1. The smallest absolute Gasteiger partial charge is 0.407 e. The Morgan fingerprint density at radius 1 is 1.47 bits per heavy atom. The van der Waals surface area contributed by atoms with E-state index in [2.05, 4.69) is 5.32 Å². The maximum atomic E-state index is 11.6. The van der Waals surface area contributed by atoms with Crippen molar-refractivity contribution in [1.29, 1.82) is 0 Å². The van der Waals surface area contributed by atoms with Gasteiger partial charge in [0.25, 0.3) is 0 Å². The highest BCUT2D eigenvalue weighted by Gasteiger charge is 2.52. The zero-order chi connectivity index (χ0) is 12.6. The monoisotopic (exact) mass is 243 g/mol. The van der Waals surface area contributed by atoms with Gasteiger partial charge < -0.3 is 19.9 Å². The number of alkyl carbamates (subject to hydrolysis) is 1. The second-order valence-electron chi connectivity index (χ2n) is 5.87. The van der Waals surface area contributed by atoms with Gasteiger partial charge in [0, 0.05) is 0 Å². The van der Waals surface area contributed by atoms with Crippen molar-refractivity contribution in [1.82, 2.24) is 5.32 Å². The maximum Gasteiger partial charge on any atom is 0.407 e. The lowest BCUT2D eigenvalue weighted by atomic mass is 10.1. The van der Waals surface area contributed by atoms with Crippen LogP contribution < -0.4 is 5.32 Å². The Morgan fingerprint density at radius 3 is 2.76 bits per heavy atom. The van der Waals surface area contributed by atoms with Crippen LogP contribution in [0.25, 0.3) is 0 Å². The average Bonchev–Trinajstić information content (AvgIpc) is 2.95. The summed E-state index contributed by atoms with van der Waals surface area (Å²) in [6, 6.07) is 0.0256. The van der Waals surface area contributed by atoms with Crippen molar-refractivity contribution in [3.05, 3.63) is 0 Å². The fraction of sp³-hybridized carbons (Fsp3) is 0.917. The van der Waals surface area contributed by atoms with E-state index < -0.39 is 5.60 Å². The summed E-state index contributed by atoms with van der Waals surface area (Å²) in [5.74, 6) is 0.835. The van der Waals surface area contributed by atoms with Crippen LogP contribution in [0.4, 0.5) is 4.79 Å². The number of ether oxygens (including phenoxy) is 2. The molecule has 1 saturated carbocycles. The van der Waals surface area contributed by atoms with E-state index in [9.17, 15) is 4.79 Å². The van der Waals surface area contributed by atoms with E-state index in [1.165, 1.54) is 0 Å². The van der Waals surface area contributed by atoms with Gasteiger partial charge in [0.15, 0.2) is 0 Å². The minimum atomic E-state index is -0.476. The minimum Gasteiger partial charge on any atom is -0.444 e. The molecule has 2 fully saturated rings. The number of hydrogen-bond donors (Lipinski definition) is 2. The summed E-state index contributed by atoms with van der Waals surface area (Å²) in [7, 11) is 0. The highest BCUT2D eigenvalue weighted by atomic mass is 16.6. The van der Waals surface area contributed by atoms with Gasteiger partial charge in [-0.15, -0.1) is 0 Å². The number of aliphatic hydroxyl groups is 1. The average molecular weight is 243 g/mol. The third kappa shape index (κ3) is 3.10. The van der Waals surface area contributed by atoms with Gasteiger partial charge in [-0.2, -0.15) is 0 Å². The minimum absolute atomic E-state index is 0.0256. The van der Waals surface area contributed by atoms with Gasteiger partial charge in [-0.05, 0) is 39.0 Å². The lowest BCUT2D eigenvalue weighted by molar-refractivity contribution is -0.0410. The Labute approximate surface area is 101 Å². The first kappa shape index (κ1) is 12.6. The molecule has 1 heterocycles. The fourth-order valence-electron chi connectivity index (χ4n) is 2.40. The summed E-state index contributed by atoms with van der Waals surface area (Å²) in [5, 5.41) is 11.9. The van der Waals surface area contributed by atoms with E-state index in [0.29, 0.717) is 18.4 Å². The standard InChI is InChI=1S/C12H21NO4/c1-12(2,3)17-11(15)13-9-6-16-10(5-14)8-4-7(8)9/h7-10,14H,4-6H2,1-3H3,(H,13,15)/t7?,8?,9-,10+/m0/s1. The summed E-state index contributed by atoms with van der Waals surface area (Å²) in [4.78, 5) is 11.6. The van der Waals surface area contributed by atoms with Crippen molar-refractivity contribution < 1.29 is 19.4 Å². The molecular weight excluding hydrogens is 222 g/mol. The number of aliphatic hydroxyl groups excluding tert-OH is 1. The van der Waals surface area contributed by atoms with E-state index in [-0.39, 0.29) is 24.8 Å². The molecule has 0 aromatic carbocycles. The predicted octanol–water partition coefficient (Wildman–Crippen LogP) is 0.907. The number of hydrogen-bond acceptors (Lipinski definition) is 4. The SMILES string of the molecule is CC(C)(C)OC(=O)N[C@H]1CO[C@H](CO)C2CC21. The van der Waals surface area contributed by atoms with Crippen LogP contribution in [0, 0.1) is 11.8 Å². The number of rotatable bonds is 2. The Bertz CT molecular complexity index is 299. The summed E-state index contributed by atoms with van der Waals surface area (Å²) >= 11 is 0. The first-order valence-electron chi connectivity index (χ1n) is 6.12. The van der Waals surface area contributed by atoms with Crippen LogP contribution in [0.2, 0.25) is 0 Å². The van der Waals surface area contributed by atoms with Crippen LogP contribution in [0.3, 0.4) is 0 Å². The molecule has 0 aromatic heterocycles. The zero-order valence-electron chi connectivity index (χ0n) is 10.6. The third-order valence-electron chi connectivity index (χ3n) is 3.26. The predicted molar refractivity (Wildman–Crippen MR) is 61.6 cm³/mol. The van der Waals surface area contributed by atoms with Crippen LogP contribution in [0.15, 0.2) is 0 Å². The molecule has 1 amide bonds. The first-order chi connectivity index (χ1) is 7.90. The number of fused-ring (bicyclic) bond motifs is 1. The number of nitrogens with one attached hydrogen (secondary N) is 1. The molecule has 0 radical (unpaired) electrons. The van der Waals surface area contributed by atoms with Gasteiger partial charge in [0.1, 0.15) is 5.60 Å². The maximum absolute atomic E-state index is 11.6. The lowest BCUT2D eigenvalue weighted by Gasteiger charge is -2.29. The van der Waals surface area contributed by atoms with Crippen LogP contribution >= 0.6 is 0 Å². The summed E-state index contributed by atoms with van der Waals surface area (Å²) < 4.78 is 10.7. The highest BCUT2D eigenvalue weighted by molar-refractivity contribution is 5.68. The van der Waals surface area contributed by atoms with Crippen molar-refractivity contribution >= 4 is 6.09 Å². The van der Waals surface area contributed by atoms with Gasteiger partial charge in [-0.1, -0.05) is 0 Å². The van der Waals surface area contributed by atoms with E-state index in [4.69, 9.17) is 14.6 Å². The van der Waals surface area contributed by atoms with Gasteiger partial charge in [0.2, 0.25) is 0 Å². The Balaban J connectivity index is 1.80. The third-order valence-corrected chi connectivity index (χ3v) is 3.26. The Kier molecular flexibility index (Phi) is 3.32. The molecule has 0 bridgehead atoms. The van der Waals surface area contributed by atoms with E-state index in [1.807, 2.05) is 20.8 Å². The van der Waals surface area contributed by atoms with Crippen molar-refractivity contribution in [3.63, 3.8) is 0 Å². The molecule has 2 rings (SSSR count). The first-order valence-corrected chi connectivity index (χ1v) is 6.12. The van der Waals surface area contributed by atoms with Gasteiger partial charge in [-0.25, -0.2) is 4.79 Å². The van der Waals surface area contributed by atoms with Crippen LogP contribution in [-0.2, 0) is 9.47 Å². The van der Waals surface area contributed by atoms with Crippen molar-refractivity contribution in [2.75, 3.05) is 13.2 Å². The van der Waals surface area contributed by atoms with E-state index in [0.717, 1.165) is 6.42 Å².